The van der Waals surface area contributed by atoms with E-state index >= 15 is 0 Å². The van der Waals surface area contributed by atoms with Crippen molar-refractivity contribution in [3.63, 3.8) is 0 Å². The third-order valence-corrected chi connectivity index (χ3v) is 3.96. The molecule has 1 fully saturated rings. The summed E-state index contributed by atoms with van der Waals surface area (Å²) in [4.78, 5) is 26.0. The van der Waals surface area contributed by atoms with Gasteiger partial charge in [-0.25, -0.2) is 4.79 Å². The minimum absolute atomic E-state index is 0.198. The molecule has 0 unspecified atom stereocenters. The van der Waals surface area contributed by atoms with Crippen molar-refractivity contribution in [2.75, 3.05) is 0 Å². The summed E-state index contributed by atoms with van der Waals surface area (Å²) in [7, 11) is 0. The molecule has 0 amide bonds. The quantitative estimate of drug-likeness (QED) is 0.869. The molecule has 1 heterocycles. The largest absolute Gasteiger partial charge is 0.477 e. The van der Waals surface area contributed by atoms with Crippen LogP contribution in [0.4, 0.5) is 0 Å². The first kappa shape index (κ1) is 12.0. The Morgan fingerprint density at radius 1 is 1.26 bits per heavy atom. The van der Waals surface area contributed by atoms with Gasteiger partial charge in [-0.2, -0.15) is 0 Å². The van der Waals surface area contributed by atoms with Gasteiger partial charge in [-0.15, -0.1) is 0 Å². The minimum Gasteiger partial charge on any atom is -0.477 e. The highest BCUT2D eigenvalue weighted by atomic mass is 16.4. The van der Waals surface area contributed by atoms with Gasteiger partial charge in [-0.1, -0.05) is 18.9 Å². The Labute approximate surface area is 110 Å². The number of carbonyl (C=O) groups is 1. The highest BCUT2D eigenvalue weighted by molar-refractivity contribution is 5.92. The van der Waals surface area contributed by atoms with Crippen LogP contribution in [0.2, 0.25) is 0 Å². The van der Waals surface area contributed by atoms with E-state index in [1.54, 1.807) is 0 Å². The lowest BCUT2D eigenvalue weighted by Crippen LogP contribution is -2.15. The highest BCUT2D eigenvalue weighted by Crippen LogP contribution is 2.34. The Balaban J connectivity index is 2.17. The van der Waals surface area contributed by atoms with E-state index in [1.807, 2.05) is 18.2 Å². The predicted octanol–water partition coefficient (Wildman–Crippen LogP) is 2.88. The molecular formula is C15H15NO3. The molecule has 2 N–H and O–H groups in total. The van der Waals surface area contributed by atoms with Crippen LogP contribution >= 0.6 is 0 Å². The molecule has 0 aliphatic heterocycles. The van der Waals surface area contributed by atoms with Crippen LogP contribution in [0.1, 0.15) is 47.5 Å². The molecule has 2 aromatic rings. The summed E-state index contributed by atoms with van der Waals surface area (Å²) in [5, 5.41) is 9.46. The van der Waals surface area contributed by atoms with Gasteiger partial charge in [-0.3, -0.25) is 4.79 Å². The molecule has 1 saturated carbocycles. The van der Waals surface area contributed by atoms with E-state index in [0.29, 0.717) is 16.8 Å². The lowest BCUT2D eigenvalue weighted by molar-refractivity contribution is 0.0695. The first-order valence-corrected chi connectivity index (χ1v) is 6.55. The van der Waals surface area contributed by atoms with Crippen LogP contribution in [0.3, 0.4) is 0 Å². The van der Waals surface area contributed by atoms with Crippen LogP contribution < -0.4 is 5.43 Å². The molecular weight excluding hydrogens is 242 g/mol. The van der Waals surface area contributed by atoms with Gasteiger partial charge in [0.2, 0.25) is 5.43 Å². The maximum atomic E-state index is 12.1. The summed E-state index contributed by atoms with van der Waals surface area (Å²) in [5.41, 5.74) is 1.24. The molecule has 0 spiro atoms. The Hall–Kier alpha value is -2.10. The fourth-order valence-corrected chi connectivity index (χ4v) is 2.91. The summed E-state index contributed by atoms with van der Waals surface area (Å²) in [6, 6.07) is 5.77. The lowest BCUT2D eigenvalue weighted by Gasteiger charge is -2.10. The van der Waals surface area contributed by atoms with Crippen molar-refractivity contribution >= 4 is 16.9 Å². The molecule has 19 heavy (non-hydrogen) atoms. The van der Waals surface area contributed by atoms with Crippen LogP contribution in [-0.4, -0.2) is 16.1 Å². The molecule has 0 radical (unpaired) electrons. The molecule has 3 rings (SSSR count). The molecule has 0 atom stereocenters. The van der Waals surface area contributed by atoms with E-state index in [4.69, 9.17) is 5.11 Å². The average molecular weight is 257 g/mol. The number of hydrogen-bond donors (Lipinski definition) is 2. The molecule has 98 valence electrons. The Kier molecular flexibility index (Phi) is 2.85. The van der Waals surface area contributed by atoms with E-state index < -0.39 is 11.4 Å². The van der Waals surface area contributed by atoms with Crippen molar-refractivity contribution in [1.29, 1.82) is 0 Å². The SMILES string of the molecule is O=C(O)c1c[nH]c2ccc(C3CCCC3)cc2c1=O. The van der Waals surface area contributed by atoms with Crippen molar-refractivity contribution in [1.82, 2.24) is 4.98 Å². The second kappa shape index (κ2) is 4.53. The molecule has 1 aromatic heterocycles. The van der Waals surface area contributed by atoms with Crippen molar-refractivity contribution in [3.8, 4) is 0 Å². The van der Waals surface area contributed by atoms with Crippen molar-refractivity contribution in [2.24, 2.45) is 0 Å². The molecule has 0 saturated heterocycles. The number of aromatic amines is 1. The summed E-state index contributed by atoms with van der Waals surface area (Å²) < 4.78 is 0. The van der Waals surface area contributed by atoms with Gasteiger partial charge in [0.25, 0.3) is 0 Å². The summed E-state index contributed by atoms with van der Waals surface area (Å²) in [6.07, 6.45) is 6.04. The van der Waals surface area contributed by atoms with E-state index in [0.717, 1.165) is 18.4 Å². The van der Waals surface area contributed by atoms with Gasteiger partial charge < -0.3 is 10.1 Å². The number of aromatic carboxylic acids is 1. The van der Waals surface area contributed by atoms with Crippen molar-refractivity contribution in [3.05, 3.63) is 45.7 Å². The summed E-state index contributed by atoms with van der Waals surface area (Å²) in [5.74, 6) is -0.674. The van der Waals surface area contributed by atoms with E-state index in [9.17, 15) is 9.59 Å². The number of rotatable bonds is 2. The van der Waals surface area contributed by atoms with Crippen molar-refractivity contribution in [2.45, 2.75) is 31.6 Å². The van der Waals surface area contributed by atoms with Crippen LogP contribution in [0.5, 0.6) is 0 Å². The molecule has 1 aliphatic rings. The fraction of sp³-hybridized carbons (Fsp3) is 0.333. The second-order valence-corrected chi connectivity index (χ2v) is 5.12. The number of H-pyrrole nitrogens is 1. The van der Waals surface area contributed by atoms with Crippen LogP contribution in [0, 0.1) is 0 Å². The van der Waals surface area contributed by atoms with Gasteiger partial charge in [0.1, 0.15) is 5.56 Å². The maximum absolute atomic E-state index is 12.1. The first-order chi connectivity index (χ1) is 9.16. The van der Waals surface area contributed by atoms with E-state index in [1.165, 1.54) is 19.0 Å². The maximum Gasteiger partial charge on any atom is 0.341 e. The number of fused-ring (bicyclic) bond motifs is 1. The van der Waals surface area contributed by atoms with Gasteiger partial charge in [0.15, 0.2) is 0 Å². The molecule has 1 aliphatic carbocycles. The Morgan fingerprint density at radius 2 is 2.00 bits per heavy atom. The number of aromatic nitrogens is 1. The Bertz CT molecular complexity index is 696. The number of nitrogens with one attached hydrogen (secondary N) is 1. The van der Waals surface area contributed by atoms with E-state index in [2.05, 4.69) is 4.98 Å². The number of benzene rings is 1. The van der Waals surface area contributed by atoms with E-state index in [-0.39, 0.29) is 5.56 Å². The minimum atomic E-state index is -1.19. The number of carboxylic acids is 1. The third kappa shape index (κ3) is 2.03. The van der Waals surface area contributed by atoms with Gasteiger partial charge in [-0.05, 0) is 36.5 Å². The lowest BCUT2D eigenvalue weighted by atomic mass is 9.96. The zero-order valence-corrected chi connectivity index (χ0v) is 10.5. The normalized spacial score (nSPS) is 16.0. The molecule has 1 aromatic carbocycles. The smallest absolute Gasteiger partial charge is 0.341 e. The van der Waals surface area contributed by atoms with Crippen LogP contribution in [-0.2, 0) is 0 Å². The summed E-state index contributed by atoms with van der Waals surface area (Å²) >= 11 is 0. The molecule has 4 heteroatoms. The van der Waals surface area contributed by atoms with Gasteiger partial charge in [0.05, 0.1) is 0 Å². The zero-order valence-electron chi connectivity index (χ0n) is 10.5. The highest BCUT2D eigenvalue weighted by Gasteiger charge is 2.18. The topological polar surface area (TPSA) is 70.2 Å². The number of pyridine rings is 1. The molecule has 4 nitrogen and oxygen atoms in total. The number of hydrogen-bond acceptors (Lipinski definition) is 2. The Morgan fingerprint density at radius 3 is 2.68 bits per heavy atom. The van der Waals surface area contributed by atoms with Gasteiger partial charge >= 0.3 is 5.97 Å². The fourth-order valence-electron chi connectivity index (χ4n) is 2.91. The first-order valence-electron chi connectivity index (χ1n) is 6.55. The number of carboxylic acid groups (broad SMARTS) is 1. The third-order valence-electron chi connectivity index (χ3n) is 3.96. The monoisotopic (exact) mass is 257 g/mol. The standard InChI is InChI=1S/C15H15NO3/c17-14-11-7-10(9-3-1-2-4-9)5-6-13(11)16-8-12(14)15(18)19/h5-9H,1-4H2,(H,16,17)(H,18,19). The molecule has 0 bridgehead atoms. The van der Waals surface area contributed by atoms with Crippen LogP contribution in [0.25, 0.3) is 10.9 Å². The second-order valence-electron chi connectivity index (χ2n) is 5.12. The van der Waals surface area contributed by atoms with Gasteiger partial charge in [0, 0.05) is 17.1 Å². The van der Waals surface area contributed by atoms with Crippen molar-refractivity contribution < 1.29 is 9.90 Å². The zero-order chi connectivity index (χ0) is 13.4. The average Bonchev–Trinajstić information content (AvgIpc) is 2.92. The summed E-state index contributed by atoms with van der Waals surface area (Å²) in [6.45, 7) is 0. The predicted molar refractivity (Wildman–Crippen MR) is 72.7 cm³/mol. The van der Waals surface area contributed by atoms with Crippen LogP contribution in [0.15, 0.2) is 29.2 Å².